The van der Waals surface area contributed by atoms with Crippen LogP contribution >= 0.6 is 0 Å². The Labute approximate surface area is 235 Å². The number of aryl methyl sites for hydroxylation is 1. The smallest absolute Gasteiger partial charge is 0.418 e. The molecule has 3 atom stereocenters. The molecule has 2 fully saturated rings. The van der Waals surface area contributed by atoms with E-state index < -0.39 is 51.1 Å². The molecule has 2 aromatic rings. The maximum Gasteiger partial charge on any atom is 0.418 e. The summed E-state index contributed by atoms with van der Waals surface area (Å²) in [5.41, 5.74) is 0.530. The van der Waals surface area contributed by atoms with Gasteiger partial charge in [-0.15, -0.1) is 0 Å². The van der Waals surface area contributed by atoms with E-state index >= 15 is 0 Å². The van der Waals surface area contributed by atoms with Crippen LogP contribution in [0.25, 0.3) is 0 Å². The molecule has 1 N–H and O–H groups in total. The Hall–Kier alpha value is -3.29. The summed E-state index contributed by atoms with van der Waals surface area (Å²) in [6.07, 6.45) is 2.56. The van der Waals surface area contributed by atoms with Crippen LogP contribution in [0.3, 0.4) is 0 Å². The number of hydrogen-bond acceptors (Lipinski definition) is 7. The Morgan fingerprint density at radius 2 is 1.90 bits per heavy atom. The number of nitrogens with zero attached hydrogens (tertiary/aromatic N) is 3. The van der Waals surface area contributed by atoms with Crippen molar-refractivity contribution < 1.29 is 36.3 Å². The number of rotatable bonds is 10. The molecule has 2 aromatic carbocycles. The first-order valence-corrected chi connectivity index (χ1v) is 16.1. The normalized spacial score (nSPS) is 21.7. The van der Waals surface area contributed by atoms with Crippen molar-refractivity contribution in [3.8, 4) is 0 Å². The fraction of sp³-hybridized carbons (Fsp3) is 0.444. The number of imide groups is 1. The number of sulfone groups is 1. The second-order valence-corrected chi connectivity index (χ2v) is 13.7. The van der Waals surface area contributed by atoms with E-state index in [1.165, 1.54) is 18.2 Å². The minimum absolute atomic E-state index is 0.0482. The van der Waals surface area contributed by atoms with E-state index in [0.29, 0.717) is 30.0 Å². The van der Waals surface area contributed by atoms with Gasteiger partial charge >= 0.3 is 6.09 Å². The predicted octanol–water partition coefficient (Wildman–Crippen LogP) is 2.58. The Bertz CT molecular complexity index is 1480. The van der Waals surface area contributed by atoms with E-state index in [1.54, 1.807) is 4.90 Å². The molecule has 1 heterocycles. The summed E-state index contributed by atoms with van der Waals surface area (Å²) >= 11 is -2.60. The third-order valence-corrected chi connectivity index (χ3v) is 9.38. The molecule has 13 heteroatoms. The molecule has 0 aromatic heterocycles. The Morgan fingerprint density at radius 1 is 1.20 bits per heavy atom. The Kier molecular flexibility index (Phi) is 7.48. The number of hydrogen-bond donors (Lipinski definition) is 1. The molecular formula is C27H31N3O8S2. The van der Waals surface area contributed by atoms with Gasteiger partial charge in [-0.1, -0.05) is 36.4 Å². The lowest BCUT2D eigenvalue weighted by molar-refractivity contribution is -0.143. The van der Waals surface area contributed by atoms with Gasteiger partial charge in [0.15, 0.2) is 9.84 Å². The summed E-state index contributed by atoms with van der Waals surface area (Å²) in [4.78, 5) is 42.8. The molecule has 1 spiro atoms. The number of ether oxygens (including phenoxy) is 1. The van der Waals surface area contributed by atoms with Crippen LogP contribution in [0.2, 0.25) is 0 Å². The van der Waals surface area contributed by atoms with E-state index in [1.807, 2.05) is 37.3 Å². The van der Waals surface area contributed by atoms with Crippen LogP contribution in [0.1, 0.15) is 42.9 Å². The fourth-order valence-electron chi connectivity index (χ4n) is 5.52. The van der Waals surface area contributed by atoms with Crippen LogP contribution in [0.5, 0.6) is 0 Å². The highest BCUT2D eigenvalue weighted by Crippen LogP contribution is 2.46. The Balaban J connectivity index is 1.37. The van der Waals surface area contributed by atoms with E-state index in [0.717, 1.165) is 33.9 Å². The molecule has 1 saturated heterocycles. The molecule has 2 unspecified atom stereocenters. The summed E-state index contributed by atoms with van der Waals surface area (Å²) < 4.78 is 51.5. The van der Waals surface area contributed by atoms with Crippen LogP contribution in [0.15, 0.2) is 48.5 Å². The molecule has 1 saturated carbocycles. The van der Waals surface area contributed by atoms with Gasteiger partial charge in [0.25, 0.3) is 17.2 Å². The number of anilines is 1. The highest BCUT2D eigenvalue weighted by Gasteiger charge is 2.58. The highest BCUT2D eigenvalue weighted by molar-refractivity contribution is 7.92. The van der Waals surface area contributed by atoms with Gasteiger partial charge < -0.3 is 9.64 Å². The van der Waals surface area contributed by atoms with E-state index in [2.05, 4.69) is 0 Å². The van der Waals surface area contributed by atoms with E-state index in [-0.39, 0.29) is 24.1 Å². The van der Waals surface area contributed by atoms with Crippen molar-refractivity contribution >= 4 is 44.7 Å². The molecular weight excluding hydrogens is 558 g/mol. The molecule has 40 heavy (non-hydrogen) atoms. The quantitative estimate of drug-likeness (QED) is 0.417. The SMILES string of the molecule is C[C@@H](C1CC1)N(Cc1ccccc1)C(=O)CN1C(=O)OC2(CCc3cc(N(CS(C)(=O)=O)S(=O)O)ccc32)C1=O. The molecule has 0 bridgehead atoms. The first kappa shape index (κ1) is 28.2. The largest absolute Gasteiger partial charge is 0.427 e. The molecule has 11 nitrogen and oxygen atoms in total. The van der Waals surface area contributed by atoms with Gasteiger partial charge in [0.05, 0.1) is 5.69 Å². The first-order valence-electron chi connectivity index (χ1n) is 13.0. The number of amides is 3. The number of carbonyl (C=O) groups is 3. The zero-order valence-electron chi connectivity index (χ0n) is 22.2. The lowest BCUT2D eigenvalue weighted by atomic mass is 9.94. The molecule has 3 amide bonds. The summed E-state index contributed by atoms with van der Waals surface area (Å²) in [6, 6.07) is 13.9. The molecule has 2 aliphatic carbocycles. The summed E-state index contributed by atoms with van der Waals surface area (Å²) in [7, 11) is -3.62. The summed E-state index contributed by atoms with van der Waals surface area (Å²) in [5.74, 6) is -1.27. The van der Waals surface area contributed by atoms with Crippen molar-refractivity contribution in [2.45, 2.75) is 50.8 Å². The van der Waals surface area contributed by atoms with Crippen LogP contribution in [0.4, 0.5) is 10.5 Å². The van der Waals surface area contributed by atoms with Gasteiger partial charge in [-0.05, 0) is 55.4 Å². The van der Waals surface area contributed by atoms with E-state index in [9.17, 15) is 31.6 Å². The van der Waals surface area contributed by atoms with Gasteiger partial charge in [-0.3, -0.25) is 18.4 Å². The topological polar surface area (TPSA) is 142 Å². The van der Waals surface area contributed by atoms with Crippen molar-refractivity contribution in [2.75, 3.05) is 23.0 Å². The number of benzene rings is 2. The second-order valence-electron chi connectivity index (χ2n) is 10.7. The van der Waals surface area contributed by atoms with Gasteiger partial charge in [-0.25, -0.2) is 22.3 Å². The minimum Gasteiger partial charge on any atom is -0.427 e. The number of carbonyl (C=O) groups excluding carboxylic acids is 3. The molecule has 5 rings (SSSR count). The van der Waals surface area contributed by atoms with E-state index in [4.69, 9.17) is 4.74 Å². The third kappa shape index (κ3) is 5.50. The Morgan fingerprint density at radius 3 is 2.52 bits per heavy atom. The van der Waals surface area contributed by atoms with Crippen molar-refractivity contribution in [1.82, 2.24) is 9.80 Å². The first-order chi connectivity index (χ1) is 18.9. The molecule has 214 valence electrons. The number of fused-ring (bicyclic) bond motifs is 2. The van der Waals surface area contributed by atoms with Gasteiger partial charge in [0.2, 0.25) is 11.5 Å². The molecule has 3 aliphatic rings. The van der Waals surface area contributed by atoms with Crippen molar-refractivity contribution in [3.05, 3.63) is 65.2 Å². The predicted molar refractivity (Wildman–Crippen MR) is 147 cm³/mol. The monoisotopic (exact) mass is 589 g/mol. The maximum atomic E-state index is 13.7. The highest BCUT2D eigenvalue weighted by atomic mass is 32.2. The fourth-order valence-corrected chi connectivity index (χ4v) is 7.32. The van der Waals surface area contributed by atoms with Crippen molar-refractivity contribution in [1.29, 1.82) is 0 Å². The van der Waals surface area contributed by atoms with Gasteiger partial charge in [0, 0.05) is 30.8 Å². The standard InChI is InChI=1S/C27H31N3O8S2/c1-18(20-8-9-20)28(15-19-6-4-3-5-7-19)24(31)16-29-25(32)27(38-26(29)33)13-12-21-14-22(10-11-23(21)27)30(39(34)35)17-40(2,36)37/h3-7,10-11,14,18,20H,8-9,12-13,15-17H2,1-2H3,(H,34,35)/t18-,27?/m0/s1. The van der Waals surface area contributed by atoms with Crippen LogP contribution in [0, 0.1) is 5.92 Å². The average Bonchev–Trinajstić information content (AvgIpc) is 3.66. The summed E-state index contributed by atoms with van der Waals surface area (Å²) in [6.45, 7) is 1.91. The van der Waals surface area contributed by atoms with Crippen LogP contribution in [-0.2, 0) is 54.0 Å². The zero-order valence-corrected chi connectivity index (χ0v) is 23.8. The lowest BCUT2D eigenvalue weighted by Gasteiger charge is -2.30. The van der Waals surface area contributed by atoms with Gasteiger partial charge in [0.1, 0.15) is 12.4 Å². The van der Waals surface area contributed by atoms with Crippen LogP contribution in [-0.4, -0.2) is 69.6 Å². The van der Waals surface area contributed by atoms with Gasteiger partial charge in [-0.2, -0.15) is 0 Å². The lowest BCUT2D eigenvalue weighted by Crippen LogP contribution is -2.47. The minimum atomic E-state index is -3.62. The van der Waals surface area contributed by atoms with Crippen LogP contribution < -0.4 is 4.31 Å². The second kappa shape index (κ2) is 10.6. The zero-order chi connectivity index (χ0) is 28.8. The summed E-state index contributed by atoms with van der Waals surface area (Å²) in [5, 5.41) is 0. The third-order valence-electron chi connectivity index (χ3n) is 7.78. The maximum absolute atomic E-state index is 13.7. The van der Waals surface area contributed by atoms with Crippen molar-refractivity contribution in [3.63, 3.8) is 0 Å². The molecule has 1 aliphatic heterocycles. The van der Waals surface area contributed by atoms with Crippen molar-refractivity contribution in [2.24, 2.45) is 5.92 Å². The molecule has 0 radical (unpaired) electrons. The average molecular weight is 590 g/mol.